The summed E-state index contributed by atoms with van der Waals surface area (Å²) in [6.07, 6.45) is 1.55. The molecule has 0 unspecified atom stereocenters. The molecule has 0 aliphatic carbocycles. The molecule has 1 heterocycles. The van der Waals surface area contributed by atoms with E-state index in [9.17, 15) is 4.79 Å². The molecule has 0 spiro atoms. The Kier molecular flexibility index (Phi) is 3.62. The van der Waals surface area contributed by atoms with E-state index >= 15 is 0 Å². The number of aromatic nitrogens is 1. The Morgan fingerprint density at radius 2 is 2.17 bits per heavy atom. The lowest BCUT2D eigenvalue weighted by Gasteiger charge is -2.08. The molecule has 0 saturated heterocycles. The Labute approximate surface area is 113 Å². The standard InChI is InChI=1S/C13H11BrN2O2/c1-8-7-9(4-5-11(8)14)18-13-10(12(15)17)3-2-6-16-13/h2-7H,1H3,(H2,15,17). The predicted octanol–water partition coefficient (Wildman–Crippen LogP) is 3.04. The molecule has 0 fully saturated rings. The first kappa shape index (κ1) is 12.6. The lowest BCUT2D eigenvalue weighted by molar-refractivity contribution is 0.0997. The van der Waals surface area contributed by atoms with Gasteiger partial charge in [0.2, 0.25) is 5.88 Å². The summed E-state index contributed by atoms with van der Waals surface area (Å²) in [6.45, 7) is 1.95. The quantitative estimate of drug-likeness (QED) is 0.948. The third kappa shape index (κ3) is 2.68. The normalized spacial score (nSPS) is 10.1. The van der Waals surface area contributed by atoms with Gasteiger partial charge in [-0.15, -0.1) is 0 Å². The van der Waals surface area contributed by atoms with Crippen LogP contribution in [-0.2, 0) is 0 Å². The lowest BCUT2D eigenvalue weighted by atomic mass is 10.2. The molecule has 1 amide bonds. The largest absolute Gasteiger partial charge is 0.438 e. The van der Waals surface area contributed by atoms with E-state index in [0.717, 1.165) is 10.0 Å². The number of benzene rings is 1. The van der Waals surface area contributed by atoms with Crippen LogP contribution >= 0.6 is 15.9 Å². The molecule has 1 aromatic heterocycles. The molecule has 2 rings (SSSR count). The van der Waals surface area contributed by atoms with Gasteiger partial charge in [0, 0.05) is 10.7 Å². The maximum atomic E-state index is 11.2. The van der Waals surface area contributed by atoms with Crippen LogP contribution in [0.15, 0.2) is 41.0 Å². The van der Waals surface area contributed by atoms with Crippen molar-refractivity contribution in [1.82, 2.24) is 4.98 Å². The van der Waals surface area contributed by atoms with Gasteiger partial charge in [0.25, 0.3) is 5.91 Å². The van der Waals surface area contributed by atoms with Crippen LogP contribution in [-0.4, -0.2) is 10.9 Å². The van der Waals surface area contributed by atoms with Gasteiger partial charge in [0.1, 0.15) is 11.3 Å². The van der Waals surface area contributed by atoms with Gasteiger partial charge in [-0.3, -0.25) is 4.79 Å². The van der Waals surface area contributed by atoms with Crippen LogP contribution in [0.25, 0.3) is 0 Å². The number of rotatable bonds is 3. The van der Waals surface area contributed by atoms with E-state index in [1.807, 2.05) is 19.1 Å². The highest BCUT2D eigenvalue weighted by atomic mass is 79.9. The first-order valence-electron chi connectivity index (χ1n) is 5.27. The summed E-state index contributed by atoms with van der Waals surface area (Å²) >= 11 is 3.41. The third-order valence-corrected chi connectivity index (χ3v) is 3.27. The minimum atomic E-state index is -0.563. The Balaban J connectivity index is 2.34. The second-order valence-electron chi connectivity index (χ2n) is 3.73. The second kappa shape index (κ2) is 5.18. The minimum absolute atomic E-state index is 0.215. The number of halogens is 1. The van der Waals surface area contributed by atoms with E-state index in [-0.39, 0.29) is 11.4 Å². The molecule has 2 N–H and O–H groups in total. The van der Waals surface area contributed by atoms with Gasteiger partial charge in [-0.2, -0.15) is 0 Å². The molecule has 0 atom stereocenters. The van der Waals surface area contributed by atoms with Gasteiger partial charge >= 0.3 is 0 Å². The average molecular weight is 307 g/mol. The maximum absolute atomic E-state index is 11.2. The molecule has 92 valence electrons. The van der Waals surface area contributed by atoms with Crippen molar-refractivity contribution in [2.45, 2.75) is 6.92 Å². The van der Waals surface area contributed by atoms with Gasteiger partial charge in [0.15, 0.2) is 0 Å². The smallest absolute Gasteiger partial charge is 0.254 e. The van der Waals surface area contributed by atoms with Crippen molar-refractivity contribution in [3.63, 3.8) is 0 Å². The zero-order valence-electron chi connectivity index (χ0n) is 9.68. The number of carbonyl (C=O) groups is 1. The van der Waals surface area contributed by atoms with E-state index in [4.69, 9.17) is 10.5 Å². The lowest BCUT2D eigenvalue weighted by Crippen LogP contribution is -2.12. The molecule has 0 aliphatic heterocycles. The van der Waals surface area contributed by atoms with Crippen molar-refractivity contribution in [2.75, 3.05) is 0 Å². The Bertz CT molecular complexity index is 599. The van der Waals surface area contributed by atoms with E-state index in [0.29, 0.717) is 5.75 Å². The molecular weight excluding hydrogens is 296 g/mol. The van der Waals surface area contributed by atoms with E-state index in [1.165, 1.54) is 0 Å². The van der Waals surface area contributed by atoms with Gasteiger partial charge < -0.3 is 10.5 Å². The van der Waals surface area contributed by atoms with Crippen LogP contribution < -0.4 is 10.5 Å². The molecule has 0 radical (unpaired) electrons. The number of carbonyl (C=O) groups excluding carboxylic acids is 1. The monoisotopic (exact) mass is 306 g/mol. The number of primary amides is 1. The third-order valence-electron chi connectivity index (χ3n) is 2.38. The summed E-state index contributed by atoms with van der Waals surface area (Å²) in [5.41, 5.74) is 6.55. The molecule has 4 nitrogen and oxygen atoms in total. The topological polar surface area (TPSA) is 65.2 Å². The van der Waals surface area contributed by atoms with Crippen molar-refractivity contribution >= 4 is 21.8 Å². The molecule has 5 heteroatoms. The van der Waals surface area contributed by atoms with E-state index in [1.54, 1.807) is 24.4 Å². The van der Waals surface area contributed by atoms with Crippen LogP contribution in [0.4, 0.5) is 0 Å². The summed E-state index contributed by atoms with van der Waals surface area (Å²) in [4.78, 5) is 15.2. The molecule has 1 aromatic carbocycles. The summed E-state index contributed by atoms with van der Waals surface area (Å²) in [5, 5.41) is 0. The van der Waals surface area contributed by atoms with Crippen molar-refractivity contribution in [1.29, 1.82) is 0 Å². The number of ether oxygens (including phenoxy) is 1. The van der Waals surface area contributed by atoms with E-state index < -0.39 is 5.91 Å². The number of aryl methyl sites for hydroxylation is 1. The molecule has 0 aliphatic rings. The molecule has 0 bridgehead atoms. The minimum Gasteiger partial charge on any atom is -0.438 e. The fraction of sp³-hybridized carbons (Fsp3) is 0.0769. The zero-order chi connectivity index (χ0) is 13.1. The summed E-state index contributed by atoms with van der Waals surface area (Å²) < 4.78 is 6.57. The Morgan fingerprint density at radius 1 is 1.39 bits per heavy atom. The second-order valence-corrected chi connectivity index (χ2v) is 4.59. The van der Waals surface area contributed by atoms with Gasteiger partial charge in [-0.05, 0) is 42.8 Å². The SMILES string of the molecule is Cc1cc(Oc2ncccc2C(N)=O)ccc1Br. The first-order valence-corrected chi connectivity index (χ1v) is 6.06. The van der Waals surface area contributed by atoms with Crippen LogP contribution in [0.3, 0.4) is 0 Å². The maximum Gasteiger partial charge on any atom is 0.254 e. The number of pyridine rings is 1. The van der Waals surface area contributed by atoms with Crippen LogP contribution in [0.2, 0.25) is 0 Å². The predicted molar refractivity (Wildman–Crippen MR) is 71.7 cm³/mol. The fourth-order valence-corrected chi connectivity index (χ4v) is 1.70. The molecule has 2 aromatic rings. The molecule has 18 heavy (non-hydrogen) atoms. The zero-order valence-corrected chi connectivity index (χ0v) is 11.3. The summed E-state index contributed by atoms with van der Waals surface area (Å²) in [6, 6.07) is 8.73. The fourth-order valence-electron chi connectivity index (χ4n) is 1.45. The van der Waals surface area contributed by atoms with Crippen LogP contribution in [0.5, 0.6) is 11.6 Å². The molecule has 0 saturated carbocycles. The van der Waals surface area contributed by atoms with Gasteiger partial charge in [-0.25, -0.2) is 4.98 Å². The van der Waals surface area contributed by atoms with Crippen molar-refractivity contribution in [3.05, 3.63) is 52.1 Å². The van der Waals surface area contributed by atoms with Gasteiger partial charge in [0.05, 0.1) is 0 Å². The Morgan fingerprint density at radius 3 is 2.83 bits per heavy atom. The van der Waals surface area contributed by atoms with Crippen LogP contribution in [0.1, 0.15) is 15.9 Å². The first-order chi connectivity index (χ1) is 8.58. The summed E-state index contributed by atoms with van der Waals surface area (Å²) in [7, 11) is 0. The van der Waals surface area contributed by atoms with Gasteiger partial charge in [-0.1, -0.05) is 15.9 Å². The van der Waals surface area contributed by atoms with Crippen molar-refractivity contribution in [3.8, 4) is 11.6 Å². The summed E-state index contributed by atoms with van der Waals surface area (Å²) in [5.74, 6) is 0.260. The van der Waals surface area contributed by atoms with Crippen molar-refractivity contribution < 1.29 is 9.53 Å². The van der Waals surface area contributed by atoms with Crippen molar-refractivity contribution in [2.24, 2.45) is 5.73 Å². The Hall–Kier alpha value is -1.88. The molecular formula is C13H11BrN2O2. The number of hydrogen-bond acceptors (Lipinski definition) is 3. The highest BCUT2D eigenvalue weighted by molar-refractivity contribution is 9.10. The number of hydrogen-bond donors (Lipinski definition) is 1. The number of amides is 1. The highest BCUT2D eigenvalue weighted by Gasteiger charge is 2.11. The van der Waals surface area contributed by atoms with Crippen LogP contribution in [0, 0.1) is 6.92 Å². The number of nitrogens with zero attached hydrogens (tertiary/aromatic N) is 1. The highest BCUT2D eigenvalue weighted by Crippen LogP contribution is 2.26. The number of nitrogens with two attached hydrogens (primary N) is 1. The van der Waals surface area contributed by atoms with E-state index in [2.05, 4.69) is 20.9 Å². The average Bonchev–Trinajstić information content (AvgIpc) is 2.34.